The molecule has 3 aromatic rings. The minimum Gasteiger partial charge on any atom is -0.483 e. The number of benzene rings is 1. The Morgan fingerprint density at radius 1 is 1.14 bits per heavy atom. The van der Waals surface area contributed by atoms with E-state index in [1.54, 1.807) is 0 Å². The topological polar surface area (TPSA) is 59.7 Å². The number of hydrogen-bond acceptors (Lipinski definition) is 4. The van der Waals surface area contributed by atoms with E-state index in [1.165, 1.54) is 0 Å². The average molecular weight is 393 g/mol. The first-order chi connectivity index (χ1) is 13.9. The lowest BCUT2D eigenvalue weighted by Crippen LogP contribution is -2.42. The van der Waals surface area contributed by atoms with Gasteiger partial charge in [0, 0.05) is 25.2 Å². The third kappa shape index (κ3) is 4.11. The van der Waals surface area contributed by atoms with Crippen LogP contribution in [0.15, 0.2) is 48.7 Å². The summed E-state index contributed by atoms with van der Waals surface area (Å²) in [5, 5.41) is 8.65. The summed E-state index contributed by atoms with van der Waals surface area (Å²) in [4.78, 5) is 14.8. The largest absolute Gasteiger partial charge is 0.483 e. The van der Waals surface area contributed by atoms with Crippen LogP contribution >= 0.6 is 0 Å². The molecule has 4 rings (SSSR count). The molecule has 3 heterocycles. The fraction of sp³-hybridized carbons (Fsp3) is 0.435. The number of rotatable bonds is 4. The number of para-hydroxylation sites is 1. The van der Waals surface area contributed by atoms with Crippen molar-refractivity contribution in [3.05, 3.63) is 60.0 Å². The van der Waals surface area contributed by atoms with Crippen molar-refractivity contribution in [3.63, 3.8) is 0 Å². The van der Waals surface area contributed by atoms with E-state index in [9.17, 15) is 4.79 Å². The maximum Gasteiger partial charge on any atom is 0.260 e. The Morgan fingerprint density at radius 2 is 1.93 bits per heavy atom. The Hall–Kier alpha value is -2.89. The number of hydrogen-bond donors (Lipinski definition) is 0. The molecule has 0 spiro atoms. The first kappa shape index (κ1) is 19.4. The summed E-state index contributed by atoms with van der Waals surface area (Å²) in [5.74, 6) is 1.92. The molecule has 2 aromatic heterocycles. The number of amides is 1. The molecule has 0 saturated carbocycles. The highest BCUT2D eigenvalue weighted by Gasteiger charge is 2.28. The van der Waals surface area contributed by atoms with Gasteiger partial charge in [-0.2, -0.15) is 0 Å². The zero-order valence-corrected chi connectivity index (χ0v) is 17.3. The van der Waals surface area contributed by atoms with Crippen LogP contribution in [0.25, 0.3) is 5.65 Å². The average Bonchev–Trinajstić information content (AvgIpc) is 3.16. The van der Waals surface area contributed by atoms with Gasteiger partial charge in [0.15, 0.2) is 12.3 Å². The second kappa shape index (κ2) is 7.85. The molecule has 1 amide bonds. The summed E-state index contributed by atoms with van der Waals surface area (Å²) < 4.78 is 7.97. The second-order valence-electron chi connectivity index (χ2n) is 8.70. The molecule has 0 bridgehead atoms. The van der Waals surface area contributed by atoms with Crippen molar-refractivity contribution < 1.29 is 9.53 Å². The van der Waals surface area contributed by atoms with Crippen molar-refractivity contribution in [2.24, 2.45) is 0 Å². The number of pyridine rings is 1. The first-order valence-electron chi connectivity index (χ1n) is 10.2. The molecule has 6 heteroatoms. The van der Waals surface area contributed by atoms with Crippen molar-refractivity contribution in [2.75, 3.05) is 19.7 Å². The maximum atomic E-state index is 12.9. The summed E-state index contributed by atoms with van der Waals surface area (Å²) in [6.45, 7) is 7.91. The van der Waals surface area contributed by atoms with E-state index in [4.69, 9.17) is 4.74 Å². The van der Waals surface area contributed by atoms with Crippen molar-refractivity contribution in [1.29, 1.82) is 0 Å². The molecular formula is C23H28N4O2. The molecule has 152 valence electrons. The fourth-order valence-electron chi connectivity index (χ4n) is 4.00. The van der Waals surface area contributed by atoms with Crippen molar-refractivity contribution in [1.82, 2.24) is 19.5 Å². The van der Waals surface area contributed by atoms with Gasteiger partial charge in [-0.05, 0) is 42.0 Å². The minimum absolute atomic E-state index is 0.0206. The number of carbonyl (C=O) groups is 1. The third-order valence-electron chi connectivity index (χ3n) is 5.53. The highest BCUT2D eigenvalue weighted by Crippen LogP contribution is 2.31. The number of piperidine rings is 1. The van der Waals surface area contributed by atoms with Gasteiger partial charge in [-0.3, -0.25) is 9.20 Å². The zero-order valence-electron chi connectivity index (χ0n) is 17.3. The quantitative estimate of drug-likeness (QED) is 0.677. The molecular weight excluding hydrogens is 364 g/mol. The highest BCUT2D eigenvalue weighted by atomic mass is 16.5. The molecule has 0 N–H and O–H groups in total. The third-order valence-corrected chi connectivity index (χ3v) is 5.53. The van der Waals surface area contributed by atoms with Crippen molar-refractivity contribution in [2.45, 2.75) is 44.9 Å². The minimum atomic E-state index is -0.0371. The molecule has 1 fully saturated rings. The van der Waals surface area contributed by atoms with Gasteiger partial charge in [0.1, 0.15) is 11.6 Å². The van der Waals surface area contributed by atoms with Gasteiger partial charge in [0.2, 0.25) is 0 Å². The molecule has 6 nitrogen and oxygen atoms in total. The molecule has 1 aliphatic heterocycles. The summed E-state index contributed by atoms with van der Waals surface area (Å²) >= 11 is 0. The number of ether oxygens (including phenoxy) is 1. The first-order valence-corrected chi connectivity index (χ1v) is 10.2. The van der Waals surface area contributed by atoms with Gasteiger partial charge in [-0.1, -0.05) is 45.0 Å². The Bertz CT molecular complexity index is 1010. The zero-order chi connectivity index (χ0) is 20.4. The number of likely N-dealkylation sites (tertiary alicyclic amines) is 1. The van der Waals surface area contributed by atoms with Crippen LogP contribution in [0.5, 0.6) is 5.75 Å². The lowest BCUT2D eigenvalue weighted by molar-refractivity contribution is -0.134. The van der Waals surface area contributed by atoms with E-state index in [1.807, 2.05) is 51.9 Å². The number of carbonyl (C=O) groups excluding carboxylic acids is 1. The van der Waals surface area contributed by atoms with Crippen LogP contribution < -0.4 is 4.74 Å². The lowest BCUT2D eigenvalue weighted by Gasteiger charge is -2.32. The normalized spacial score (nSPS) is 17.5. The highest BCUT2D eigenvalue weighted by molar-refractivity contribution is 5.78. The van der Waals surface area contributed by atoms with E-state index >= 15 is 0 Å². The fourth-order valence-corrected chi connectivity index (χ4v) is 4.00. The number of nitrogens with zero attached hydrogens (tertiary/aromatic N) is 4. The lowest BCUT2D eigenvalue weighted by atomic mass is 9.86. The van der Waals surface area contributed by atoms with E-state index < -0.39 is 0 Å². The van der Waals surface area contributed by atoms with Gasteiger partial charge in [0.25, 0.3) is 5.91 Å². The van der Waals surface area contributed by atoms with Crippen LogP contribution in [0.4, 0.5) is 0 Å². The van der Waals surface area contributed by atoms with Gasteiger partial charge in [-0.25, -0.2) is 0 Å². The molecule has 29 heavy (non-hydrogen) atoms. The molecule has 0 unspecified atom stereocenters. The van der Waals surface area contributed by atoms with Gasteiger partial charge in [0.05, 0.1) is 0 Å². The summed E-state index contributed by atoms with van der Waals surface area (Å²) in [6, 6.07) is 13.8. The number of aromatic nitrogens is 3. The molecule has 0 aliphatic carbocycles. The predicted molar refractivity (Wildman–Crippen MR) is 112 cm³/mol. The second-order valence-corrected chi connectivity index (χ2v) is 8.70. The summed E-state index contributed by atoms with van der Waals surface area (Å²) in [6.07, 6.45) is 3.95. The van der Waals surface area contributed by atoms with Gasteiger partial charge in [-0.15, -0.1) is 10.2 Å². The maximum absolute atomic E-state index is 12.9. The Balaban J connectivity index is 1.44. The van der Waals surface area contributed by atoms with Crippen molar-refractivity contribution in [3.8, 4) is 5.75 Å². The molecule has 1 aliphatic rings. The van der Waals surface area contributed by atoms with Crippen LogP contribution in [-0.2, 0) is 10.2 Å². The van der Waals surface area contributed by atoms with E-state index in [2.05, 4.69) is 37.0 Å². The van der Waals surface area contributed by atoms with Crippen LogP contribution in [0.1, 0.15) is 50.9 Å². The summed E-state index contributed by atoms with van der Waals surface area (Å²) in [7, 11) is 0. The van der Waals surface area contributed by atoms with Crippen LogP contribution in [-0.4, -0.2) is 45.1 Å². The molecule has 1 atom stereocenters. The van der Waals surface area contributed by atoms with E-state index in [0.717, 1.165) is 42.2 Å². The number of fused-ring (bicyclic) bond motifs is 1. The van der Waals surface area contributed by atoms with Crippen LogP contribution in [0, 0.1) is 0 Å². The Morgan fingerprint density at radius 3 is 2.76 bits per heavy atom. The van der Waals surface area contributed by atoms with Crippen LogP contribution in [0.2, 0.25) is 0 Å². The molecule has 1 aromatic carbocycles. The van der Waals surface area contributed by atoms with E-state index in [0.29, 0.717) is 6.54 Å². The van der Waals surface area contributed by atoms with Crippen LogP contribution in [0.3, 0.4) is 0 Å². The Kier molecular flexibility index (Phi) is 5.26. The predicted octanol–water partition coefficient (Wildman–Crippen LogP) is 3.81. The Labute approximate surface area is 171 Å². The van der Waals surface area contributed by atoms with E-state index in [-0.39, 0.29) is 23.8 Å². The van der Waals surface area contributed by atoms with Gasteiger partial charge < -0.3 is 9.64 Å². The standard InChI is InChI=1S/C23H28N4O2/c1-23(2,3)18-10-4-5-11-19(18)29-16-21(28)26-13-8-9-17(15-26)22-25-24-20-12-6-7-14-27(20)22/h4-7,10-12,14,17H,8-9,13,15-16H2,1-3H3/t17-/m1/s1. The molecule has 1 saturated heterocycles. The monoisotopic (exact) mass is 392 g/mol. The molecule has 0 radical (unpaired) electrons. The van der Waals surface area contributed by atoms with Crippen molar-refractivity contribution >= 4 is 11.6 Å². The van der Waals surface area contributed by atoms with Gasteiger partial charge >= 0.3 is 0 Å². The SMILES string of the molecule is CC(C)(C)c1ccccc1OCC(=O)N1CCC[C@@H](c2nnc3ccccn23)C1. The summed E-state index contributed by atoms with van der Waals surface area (Å²) in [5.41, 5.74) is 1.91. The smallest absolute Gasteiger partial charge is 0.260 e.